The van der Waals surface area contributed by atoms with Gasteiger partial charge in [0.1, 0.15) is 5.75 Å². The maximum absolute atomic E-state index is 9.29. The molecule has 0 aliphatic heterocycles. The van der Waals surface area contributed by atoms with E-state index in [9.17, 15) is 5.11 Å². The van der Waals surface area contributed by atoms with Crippen molar-refractivity contribution in [3.8, 4) is 16.9 Å². The summed E-state index contributed by atoms with van der Waals surface area (Å²) in [6, 6.07) is 9.51. The van der Waals surface area contributed by atoms with Gasteiger partial charge in [-0.05, 0) is 17.7 Å². The molecule has 0 fully saturated rings. The molecular weight excluding hydrogens is 242 g/mol. The SMILES string of the molecule is Oc1cncc(-c2ccccc2Br)c1. The fourth-order valence-corrected chi connectivity index (χ4v) is 1.78. The molecule has 0 saturated carbocycles. The lowest BCUT2D eigenvalue weighted by molar-refractivity contribution is 0.473. The molecule has 3 heteroatoms. The molecule has 1 aromatic heterocycles. The van der Waals surface area contributed by atoms with E-state index in [1.807, 2.05) is 24.3 Å². The van der Waals surface area contributed by atoms with Gasteiger partial charge >= 0.3 is 0 Å². The van der Waals surface area contributed by atoms with Crippen molar-refractivity contribution < 1.29 is 5.11 Å². The Hall–Kier alpha value is -1.35. The summed E-state index contributed by atoms with van der Waals surface area (Å²) in [7, 11) is 0. The van der Waals surface area contributed by atoms with E-state index >= 15 is 0 Å². The first-order chi connectivity index (χ1) is 6.77. The van der Waals surface area contributed by atoms with Crippen molar-refractivity contribution in [2.75, 3.05) is 0 Å². The minimum absolute atomic E-state index is 0.179. The first-order valence-electron chi connectivity index (χ1n) is 4.16. The topological polar surface area (TPSA) is 33.1 Å². The Balaban J connectivity index is 2.55. The van der Waals surface area contributed by atoms with Crippen molar-refractivity contribution in [1.82, 2.24) is 4.98 Å². The summed E-state index contributed by atoms with van der Waals surface area (Å²) < 4.78 is 0.993. The smallest absolute Gasteiger partial charge is 0.134 e. The molecule has 0 saturated heterocycles. The Labute approximate surface area is 90.4 Å². The Kier molecular flexibility index (Phi) is 2.50. The Bertz CT molecular complexity index is 457. The standard InChI is InChI=1S/C11H8BrNO/c12-11-4-2-1-3-10(11)8-5-9(14)7-13-6-8/h1-7,14H. The van der Waals surface area contributed by atoms with Crippen LogP contribution in [-0.4, -0.2) is 10.1 Å². The molecule has 2 rings (SSSR count). The second kappa shape index (κ2) is 3.80. The molecule has 70 valence electrons. The monoisotopic (exact) mass is 249 g/mol. The molecule has 0 atom stereocenters. The third-order valence-electron chi connectivity index (χ3n) is 1.91. The maximum Gasteiger partial charge on any atom is 0.134 e. The highest BCUT2D eigenvalue weighted by Crippen LogP contribution is 2.28. The predicted molar refractivity (Wildman–Crippen MR) is 59.0 cm³/mol. The lowest BCUT2D eigenvalue weighted by Gasteiger charge is -2.03. The molecule has 0 unspecified atom stereocenters. The van der Waals surface area contributed by atoms with Gasteiger partial charge in [0.2, 0.25) is 0 Å². The van der Waals surface area contributed by atoms with Gasteiger partial charge in [0.05, 0.1) is 6.20 Å². The lowest BCUT2D eigenvalue weighted by atomic mass is 10.1. The second-order valence-electron chi connectivity index (χ2n) is 2.91. The normalized spacial score (nSPS) is 10.1. The van der Waals surface area contributed by atoms with Gasteiger partial charge in [-0.2, -0.15) is 0 Å². The van der Waals surface area contributed by atoms with Crippen LogP contribution in [0.2, 0.25) is 0 Å². The van der Waals surface area contributed by atoms with Crippen molar-refractivity contribution in [2.24, 2.45) is 0 Å². The van der Waals surface area contributed by atoms with E-state index in [2.05, 4.69) is 20.9 Å². The van der Waals surface area contributed by atoms with Crippen molar-refractivity contribution >= 4 is 15.9 Å². The van der Waals surface area contributed by atoms with Crippen molar-refractivity contribution in [3.63, 3.8) is 0 Å². The van der Waals surface area contributed by atoms with Crippen LogP contribution in [0.5, 0.6) is 5.75 Å². The van der Waals surface area contributed by atoms with Crippen molar-refractivity contribution in [2.45, 2.75) is 0 Å². The van der Waals surface area contributed by atoms with E-state index in [4.69, 9.17) is 0 Å². The van der Waals surface area contributed by atoms with Crippen molar-refractivity contribution in [1.29, 1.82) is 0 Å². The van der Waals surface area contributed by atoms with Crippen LogP contribution in [0.1, 0.15) is 0 Å². The van der Waals surface area contributed by atoms with Gasteiger partial charge in [-0.3, -0.25) is 4.98 Å². The van der Waals surface area contributed by atoms with Crippen LogP contribution in [0, 0.1) is 0 Å². The van der Waals surface area contributed by atoms with E-state index in [-0.39, 0.29) is 5.75 Å². The molecule has 1 N–H and O–H groups in total. The number of aromatic nitrogens is 1. The average Bonchev–Trinajstić information content (AvgIpc) is 2.18. The van der Waals surface area contributed by atoms with Crippen LogP contribution >= 0.6 is 15.9 Å². The molecule has 2 aromatic rings. The summed E-state index contributed by atoms with van der Waals surface area (Å²) in [5.41, 5.74) is 1.92. The number of hydrogen-bond donors (Lipinski definition) is 1. The van der Waals surface area contributed by atoms with Gasteiger partial charge in [0.25, 0.3) is 0 Å². The highest BCUT2D eigenvalue weighted by molar-refractivity contribution is 9.10. The molecular formula is C11H8BrNO. The van der Waals surface area contributed by atoms with Gasteiger partial charge in [-0.1, -0.05) is 34.1 Å². The third kappa shape index (κ3) is 1.77. The maximum atomic E-state index is 9.29. The summed E-state index contributed by atoms with van der Waals surface area (Å²) in [6.07, 6.45) is 3.14. The first-order valence-corrected chi connectivity index (χ1v) is 4.95. The highest BCUT2D eigenvalue weighted by Gasteiger charge is 2.02. The third-order valence-corrected chi connectivity index (χ3v) is 2.60. The number of hydrogen-bond acceptors (Lipinski definition) is 2. The molecule has 0 aliphatic rings. The van der Waals surface area contributed by atoms with Gasteiger partial charge in [-0.25, -0.2) is 0 Å². The molecule has 2 nitrogen and oxygen atoms in total. The first kappa shape index (κ1) is 9.21. The van der Waals surface area contributed by atoms with E-state index in [1.54, 1.807) is 12.3 Å². The van der Waals surface area contributed by atoms with Gasteiger partial charge in [-0.15, -0.1) is 0 Å². The zero-order valence-electron chi connectivity index (χ0n) is 7.31. The van der Waals surface area contributed by atoms with Gasteiger partial charge in [0, 0.05) is 16.2 Å². The summed E-state index contributed by atoms with van der Waals surface area (Å²) >= 11 is 3.45. The van der Waals surface area contributed by atoms with Gasteiger partial charge < -0.3 is 5.11 Å². The quantitative estimate of drug-likeness (QED) is 0.842. The number of nitrogens with zero attached hydrogens (tertiary/aromatic N) is 1. The zero-order chi connectivity index (χ0) is 9.97. The van der Waals surface area contributed by atoms with Crippen molar-refractivity contribution in [3.05, 3.63) is 47.2 Å². The van der Waals surface area contributed by atoms with E-state index in [0.717, 1.165) is 15.6 Å². The number of pyridine rings is 1. The fraction of sp³-hybridized carbons (Fsp3) is 0. The Morgan fingerprint density at radius 3 is 2.64 bits per heavy atom. The molecule has 14 heavy (non-hydrogen) atoms. The summed E-state index contributed by atoms with van der Waals surface area (Å²) in [5.74, 6) is 0.179. The van der Waals surface area contributed by atoms with Crippen LogP contribution in [0.4, 0.5) is 0 Å². The summed E-state index contributed by atoms with van der Waals surface area (Å²) in [4.78, 5) is 3.93. The highest BCUT2D eigenvalue weighted by atomic mass is 79.9. The van der Waals surface area contributed by atoms with Crippen LogP contribution in [0.3, 0.4) is 0 Å². The Morgan fingerprint density at radius 2 is 1.93 bits per heavy atom. The molecule has 0 spiro atoms. The zero-order valence-corrected chi connectivity index (χ0v) is 8.90. The van der Waals surface area contributed by atoms with Crippen LogP contribution in [0.25, 0.3) is 11.1 Å². The summed E-state index contributed by atoms with van der Waals surface area (Å²) in [6.45, 7) is 0. The van der Waals surface area contributed by atoms with E-state index < -0.39 is 0 Å². The minimum atomic E-state index is 0.179. The average molecular weight is 250 g/mol. The molecule has 1 heterocycles. The predicted octanol–water partition coefficient (Wildman–Crippen LogP) is 3.22. The van der Waals surface area contributed by atoms with Crippen LogP contribution < -0.4 is 0 Å². The van der Waals surface area contributed by atoms with E-state index in [0.29, 0.717) is 0 Å². The number of halogens is 1. The molecule has 1 aromatic carbocycles. The molecule has 0 radical (unpaired) electrons. The van der Waals surface area contributed by atoms with Gasteiger partial charge in [0.15, 0.2) is 0 Å². The fourth-order valence-electron chi connectivity index (χ4n) is 1.27. The number of benzene rings is 1. The molecule has 0 aliphatic carbocycles. The number of rotatable bonds is 1. The summed E-state index contributed by atoms with van der Waals surface area (Å²) in [5, 5.41) is 9.29. The van der Waals surface area contributed by atoms with E-state index in [1.165, 1.54) is 6.20 Å². The molecule has 0 amide bonds. The largest absolute Gasteiger partial charge is 0.506 e. The van der Waals surface area contributed by atoms with Crippen LogP contribution in [0.15, 0.2) is 47.2 Å². The number of aromatic hydroxyl groups is 1. The Morgan fingerprint density at radius 1 is 1.14 bits per heavy atom. The minimum Gasteiger partial charge on any atom is -0.506 e. The molecule has 0 bridgehead atoms. The van der Waals surface area contributed by atoms with Crippen LogP contribution in [-0.2, 0) is 0 Å². The lowest BCUT2D eigenvalue weighted by Crippen LogP contribution is -1.80. The second-order valence-corrected chi connectivity index (χ2v) is 3.77.